The Bertz CT molecular complexity index is 89.0. The van der Waals surface area contributed by atoms with E-state index in [1.165, 1.54) is 0 Å². The van der Waals surface area contributed by atoms with Crippen molar-refractivity contribution in [3.8, 4) is 0 Å². The van der Waals surface area contributed by atoms with Gasteiger partial charge in [-0.15, -0.1) is 11.6 Å². The van der Waals surface area contributed by atoms with Gasteiger partial charge in [0.05, 0.1) is 11.9 Å². The van der Waals surface area contributed by atoms with Gasteiger partial charge in [-0.25, -0.2) is 0 Å². The maximum Gasteiger partial charge on any atom is 0.0975 e. The molecule has 4 heteroatoms. The van der Waals surface area contributed by atoms with E-state index in [-0.39, 0.29) is 11.9 Å². The molecule has 0 aromatic heterocycles. The standard InChI is InChI=1S/C5H9BrClNO/c1-4(6)2-5(7)3-8-9/h4-5H,2-3H2,1H3. The van der Waals surface area contributed by atoms with Gasteiger partial charge in [0.2, 0.25) is 0 Å². The molecule has 2 atom stereocenters. The second kappa shape index (κ2) is 5.18. The lowest BCUT2D eigenvalue weighted by Gasteiger charge is -2.04. The van der Waals surface area contributed by atoms with Gasteiger partial charge >= 0.3 is 0 Å². The predicted molar refractivity (Wildman–Crippen MR) is 43.3 cm³/mol. The molecule has 0 spiro atoms. The number of rotatable bonds is 4. The average molecular weight is 214 g/mol. The second-order valence-electron chi connectivity index (χ2n) is 1.93. The molecule has 0 aromatic carbocycles. The summed E-state index contributed by atoms with van der Waals surface area (Å²) in [5.41, 5.74) is 0. The van der Waals surface area contributed by atoms with Crippen molar-refractivity contribution >= 4 is 27.5 Å². The Morgan fingerprint density at radius 1 is 1.78 bits per heavy atom. The first-order chi connectivity index (χ1) is 4.16. The molecular weight excluding hydrogens is 205 g/mol. The van der Waals surface area contributed by atoms with Crippen molar-refractivity contribution in [3.05, 3.63) is 4.91 Å². The minimum atomic E-state index is -0.114. The molecule has 0 aliphatic rings. The Morgan fingerprint density at radius 2 is 2.33 bits per heavy atom. The van der Waals surface area contributed by atoms with Crippen molar-refractivity contribution in [2.45, 2.75) is 23.5 Å². The van der Waals surface area contributed by atoms with Gasteiger partial charge in [0.1, 0.15) is 0 Å². The lowest BCUT2D eigenvalue weighted by molar-refractivity contribution is 0.754. The van der Waals surface area contributed by atoms with Crippen LogP contribution in [0.5, 0.6) is 0 Å². The van der Waals surface area contributed by atoms with Crippen LogP contribution in [-0.4, -0.2) is 16.7 Å². The monoisotopic (exact) mass is 213 g/mol. The molecule has 2 unspecified atom stereocenters. The molecular formula is C5H9BrClNO. The highest BCUT2D eigenvalue weighted by atomic mass is 79.9. The largest absolute Gasteiger partial charge is 0.151 e. The number of nitroso groups, excluding NO2 is 1. The first kappa shape index (κ1) is 9.37. The third kappa shape index (κ3) is 6.25. The van der Waals surface area contributed by atoms with Crippen molar-refractivity contribution < 1.29 is 0 Å². The minimum Gasteiger partial charge on any atom is -0.151 e. The van der Waals surface area contributed by atoms with Crippen molar-refractivity contribution in [2.75, 3.05) is 6.54 Å². The predicted octanol–water partition coefficient (Wildman–Crippen LogP) is 2.53. The van der Waals surface area contributed by atoms with Crippen molar-refractivity contribution in [2.24, 2.45) is 5.18 Å². The quantitative estimate of drug-likeness (QED) is 0.522. The first-order valence-corrected chi connectivity index (χ1v) is 4.09. The highest BCUT2D eigenvalue weighted by Crippen LogP contribution is 2.11. The highest BCUT2D eigenvalue weighted by molar-refractivity contribution is 9.09. The van der Waals surface area contributed by atoms with E-state index in [1.807, 2.05) is 6.92 Å². The van der Waals surface area contributed by atoms with Crippen LogP contribution in [-0.2, 0) is 0 Å². The van der Waals surface area contributed by atoms with Crippen molar-refractivity contribution in [1.82, 2.24) is 0 Å². The summed E-state index contributed by atoms with van der Waals surface area (Å²) in [5.74, 6) is 0. The van der Waals surface area contributed by atoms with E-state index < -0.39 is 0 Å². The molecule has 2 nitrogen and oxygen atoms in total. The van der Waals surface area contributed by atoms with E-state index in [0.29, 0.717) is 4.83 Å². The molecule has 0 aliphatic heterocycles. The van der Waals surface area contributed by atoms with Crippen LogP contribution in [0, 0.1) is 4.91 Å². The molecule has 0 saturated carbocycles. The van der Waals surface area contributed by atoms with E-state index in [0.717, 1.165) is 6.42 Å². The Kier molecular flexibility index (Phi) is 5.39. The Hall–Kier alpha value is 0.370. The fourth-order valence-electron chi connectivity index (χ4n) is 0.508. The SMILES string of the molecule is CC(Br)CC(Cl)CN=O. The lowest BCUT2D eigenvalue weighted by atomic mass is 10.2. The van der Waals surface area contributed by atoms with Gasteiger partial charge in [-0.2, -0.15) is 4.91 Å². The maximum absolute atomic E-state index is 9.65. The van der Waals surface area contributed by atoms with Crippen LogP contribution in [0.1, 0.15) is 13.3 Å². The normalized spacial score (nSPS) is 16.8. The Morgan fingerprint density at radius 3 is 2.67 bits per heavy atom. The number of nitrogens with zero attached hydrogens (tertiary/aromatic N) is 1. The molecule has 0 saturated heterocycles. The van der Waals surface area contributed by atoms with E-state index in [2.05, 4.69) is 21.1 Å². The van der Waals surface area contributed by atoms with Crippen LogP contribution in [0.4, 0.5) is 0 Å². The van der Waals surface area contributed by atoms with Crippen molar-refractivity contribution in [3.63, 3.8) is 0 Å². The van der Waals surface area contributed by atoms with Gasteiger partial charge < -0.3 is 0 Å². The summed E-state index contributed by atoms with van der Waals surface area (Å²) >= 11 is 8.97. The average Bonchev–Trinajstić information content (AvgIpc) is 1.63. The van der Waals surface area contributed by atoms with Crippen LogP contribution >= 0.6 is 27.5 Å². The number of hydrogen-bond donors (Lipinski definition) is 0. The second-order valence-corrected chi connectivity index (χ2v) is 4.11. The highest BCUT2D eigenvalue weighted by Gasteiger charge is 2.06. The van der Waals surface area contributed by atoms with Crippen LogP contribution in [0.2, 0.25) is 0 Å². The van der Waals surface area contributed by atoms with Gasteiger partial charge in [0, 0.05) is 4.83 Å². The molecule has 0 fully saturated rings. The van der Waals surface area contributed by atoms with E-state index in [9.17, 15) is 4.91 Å². The van der Waals surface area contributed by atoms with Gasteiger partial charge in [0.15, 0.2) is 0 Å². The number of hydrogen-bond acceptors (Lipinski definition) is 2. The van der Waals surface area contributed by atoms with Crippen LogP contribution in [0.15, 0.2) is 5.18 Å². The summed E-state index contributed by atoms with van der Waals surface area (Å²) < 4.78 is 0. The zero-order valence-corrected chi connectivity index (χ0v) is 7.52. The van der Waals surface area contributed by atoms with Gasteiger partial charge in [-0.3, -0.25) is 0 Å². The van der Waals surface area contributed by atoms with Crippen LogP contribution in [0.3, 0.4) is 0 Å². The number of halogens is 2. The zero-order chi connectivity index (χ0) is 7.28. The molecule has 0 amide bonds. The molecule has 0 N–H and O–H groups in total. The maximum atomic E-state index is 9.65. The lowest BCUT2D eigenvalue weighted by Crippen LogP contribution is -2.07. The fourth-order valence-corrected chi connectivity index (χ4v) is 1.50. The molecule has 0 aromatic rings. The third-order valence-electron chi connectivity index (χ3n) is 0.853. The summed E-state index contributed by atoms with van der Waals surface area (Å²) in [4.78, 5) is 10.0. The fraction of sp³-hybridized carbons (Fsp3) is 1.00. The molecule has 54 valence electrons. The topological polar surface area (TPSA) is 29.4 Å². The Balaban J connectivity index is 3.25. The molecule has 0 rings (SSSR count). The van der Waals surface area contributed by atoms with E-state index >= 15 is 0 Å². The van der Waals surface area contributed by atoms with E-state index in [1.54, 1.807) is 0 Å². The summed E-state index contributed by atoms with van der Waals surface area (Å²) in [5, 5.41) is 2.57. The molecule has 9 heavy (non-hydrogen) atoms. The summed E-state index contributed by atoms with van der Waals surface area (Å²) in [6.45, 7) is 2.19. The molecule has 0 heterocycles. The van der Waals surface area contributed by atoms with Crippen LogP contribution < -0.4 is 0 Å². The number of alkyl halides is 2. The smallest absolute Gasteiger partial charge is 0.0975 e. The van der Waals surface area contributed by atoms with Gasteiger partial charge in [-0.1, -0.05) is 28.0 Å². The van der Waals surface area contributed by atoms with Gasteiger partial charge in [0.25, 0.3) is 0 Å². The van der Waals surface area contributed by atoms with Crippen molar-refractivity contribution in [1.29, 1.82) is 0 Å². The third-order valence-corrected chi connectivity index (χ3v) is 1.54. The summed E-state index contributed by atoms with van der Waals surface area (Å²) in [7, 11) is 0. The molecule has 0 aliphatic carbocycles. The zero-order valence-electron chi connectivity index (χ0n) is 5.18. The molecule has 0 bridgehead atoms. The molecule has 0 radical (unpaired) electrons. The van der Waals surface area contributed by atoms with Gasteiger partial charge in [-0.05, 0) is 6.42 Å². The first-order valence-electron chi connectivity index (χ1n) is 2.74. The van der Waals surface area contributed by atoms with E-state index in [4.69, 9.17) is 11.6 Å². The minimum absolute atomic E-state index is 0.114. The Labute approximate surface area is 68.1 Å². The summed E-state index contributed by atoms with van der Waals surface area (Å²) in [6, 6.07) is 0. The summed E-state index contributed by atoms with van der Waals surface area (Å²) in [6.07, 6.45) is 0.785. The van der Waals surface area contributed by atoms with Crippen LogP contribution in [0.25, 0.3) is 0 Å².